The maximum Gasteiger partial charge on any atom is 0.325 e. The second-order valence-corrected chi connectivity index (χ2v) is 5.20. The highest BCUT2D eigenvalue weighted by molar-refractivity contribution is 7.10. The van der Waals surface area contributed by atoms with Crippen LogP contribution in [0.15, 0.2) is 17.5 Å². The van der Waals surface area contributed by atoms with E-state index in [0.717, 1.165) is 4.88 Å². The van der Waals surface area contributed by atoms with Crippen molar-refractivity contribution in [3.8, 4) is 6.07 Å². The maximum atomic E-state index is 12.3. The van der Waals surface area contributed by atoms with Crippen LogP contribution in [0.4, 0.5) is 4.79 Å². The van der Waals surface area contributed by atoms with Crippen LogP contribution in [0, 0.1) is 11.3 Å². The first-order valence-electron chi connectivity index (χ1n) is 5.64. The van der Waals surface area contributed by atoms with E-state index in [9.17, 15) is 9.59 Å². The summed E-state index contributed by atoms with van der Waals surface area (Å²) in [5.74, 6) is -0.243. The summed E-state index contributed by atoms with van der Waals surface area (Å²) in [6.07, 6.45) is 0.850. The molecule has 6 heteroatoms. The number of nitrogens with one attached hydrogen (secondary N) is 1. The Bertz CT molecular complexity index is 506. The number of rotatable bonds is 4. The van der Waals surface area contributed by atoms with Crippen LogP contribution in [-0.4, -0.2) is 23.4 Å². The van der Waals surface area contributed by atoms with Crippen molar-refractivity contribution < 1.29 is 9.59 Å². The first-order valence-corrected chi connectivity index (χ1v) is 6.52. The van der Waals surface area contributed by atoms with Gasteiger partial charge in [0.25, 0.3) is 5.91 Å². The van der Waals surface area contributed by atoms with E-state index in [1.54, 1.807) is 6.92 Å². The summed E-state index contributed by atoms with van der Waals surface area (Å²) in [6, 6.07) is 5.31. The van der Waals surface area contributed by atoms with Gasteiger partial charge in [0.15, 0.2) is 5.54 Å². The van der Waals surface area contributed by atoms with Gasteiger partial charge >= 0.3 is 6.03 Å². The van der Waals surface area contributed by atoms with Crippen molar-refractivity contribution in [3.63, 3.8) is 0 Å². The average Bonchev–Trinajstić information content (AvgIpc) is 2.93. The SMILES string of the molecule is CC1(c2cccs2)NC(=O)N(CCCC#N)C1=O. The minimum absolute atomic E-state index is 0.243. The van der Waals surface area contributed by atoms with E-state index in [1.807, 2.05) is 23.6 Å². The molecule has 1 aliphatic rings. The summed E-state index contributed by atoms with van der Waals surface area (Å²) in [4.78, 5) is 26.1. The molecule has 1 fully saturated rings. The Hall–Kier alpha value is -1.87. The predicted octanol–water partition coefficient (Wildman–Crippen LogP) is 1.82. The normalized spacial score (nSPS) is 23.0. The lowest BCUT2D eigenvalue weighted by Gasteiger charge is -2.19. The number of carbonyl (C=O) groups excluding carboxylic acids is 2. The number of nitrogens with zero attached hydrogens (tertiary/aromatic N) is 2. The van der Waals surface area contributed by atoms with E-state index in [2.05, 4.69) is 5.32 Å². The third-order valence-electron chi connectivity index (χ3n) is 2.96. The summed E-state index contributed by atoms with van der Waals surface area (Å²) < 4.78 is 0. The minimum Gasteiger partial charge on any atom is -0.319 e. The Labute approximate surface area is 109 Å². The van der Waals surface area contributed by atoms with Crippen molar-refractivity contribution in [3.05, 3.63) is 22.4 Å². The zero-order chi connectivity index (χ0) is 13.2. The fourth-order valence-corrected chi connectivity index (χ4v) is 2.78. The lowest BCUT2D eigenvalue weighted by molar-refractivity contribution is -0.131. The fourth-order valence-electron chi connectivity index (χ4n) is 1.95. The molecule has 1 aromatic rings. The molecule has 0 radical (unpaired) electrons. The zero-order valence-electron chi connectivity index (χ0n) is 9.97. The van der Waals surface area contributed by atoms with Crippen molar-refractivity contribution in [2.24, 2.45) is 0 Å². The minimum atomic E-state index is -0.960. The van der Waals surface area contributed by atoms with E-state index in [0.29, 0.717) is 19.4 Å². The second-order valence-electron chi connectivity index (χ2n) is 4.25. The van der Waals surface area contributed by atoms with Crippen molar-refractivity contribution in [1.29, 1.82) is 5.26 Å². The molecule has 0 bridgehead atoms. The lowest BCUT2D eigenvalue weighted by Crippen LogP contribution is -2.40. The Morgan fingerprint density at radius 2 is 2.33 bits per heavy atom. The molecule has 3 amide bonds. The molecule has 18 heavy (non-hydrogen) atoms. The number of urea groups is 1. The number of carbonyl (C=O) groups is 2. The molecule has 1 saturated heterocycles. The zero-order valence-corrected chi connectivity index (χ0v) is 10.8. The predicted molar refractivity (Wildman–Crippen MR) is 66.8 cm³/mol. The van der Waals surface area contributed by atoms with E-state index in [-0.39, 0.29) is 11.9 Å². The molecule has 0 aromatic carbocycles. The third-order valence-corrected chi connectivity index (χ3v) is 4.05. The van der Waals surface area contributed by atoms with Gasteiger partial charge in [-0.1, -0.05) is 6.07 Å². The van der Waals surface area contributed by atoms with Crippen LogP contribution in [0.3, 0.4) is 0 Å². The highest BCUT2D eigenvalue weighted by Gasteiger charge is 2.49. The number of hydrogen-bond acceptors (Lipinski definition) is 4. The number of thiophene rings is 1. The van der Waals surface area contributed by atoms with Gasteiger partial charge < -0.3 is 5.32 Å². The largest absolute Gasteiger partial charge is 0.325 e. The summed E-state index contributed by atoms with van der Waals surface area (Å²) in [7, 11) is 0. The molecular formula is C12H13N3O2S. The van der Waals surface area contributed by atoms with Crippen molar-refractivity contribution in [2.45, 2.75) is 25.3 Å². The van der Waals surface area contributed by atoms with Crippen LogP contribution in [0.2, 0.25) is 0 Å². The van der Waals surface area contributed by atoms with E-state index in [1.165, 1.54) is 16.2 Å². The maximum absolute atomic E-state index is 12.3. The van der Waals surface area contributed by atoms with Gasteiger partial charge in [-0.25, -0.2) is 4.79 Å². The molecule has 0 aliphatic carbocycles. The first kappa shape index (κ1) is 12.6. The van der Waals surface area contributed by atoms with Crippen LogP contribution >= 0.6 is 11.3 Å². The van der Waals surface area contributed by atoms with Gasteiger partial charge in [0.05, 0.1) is 6.07 Å². The Morgan fingerprint density at radius 1 is 1.56 bits per heavy atom. The van der Waals surface area contributed by atoms with Crippen LogP contribution in [0.5, 0.6) is 0 Å². The van der Waals surface area contributed by atoms with E-state index in [4.69, 9.17) is 5.26 Å². The molecule has 1 aliphatic heterocycles. The van der Waals surface area contributed by atoms with Crippen LogP contribution in [0.1, 0.15) is 24.6 Å². The summed E-state index contributed by atoms with van der Waals surface area (Å²) in [6.45, 7) is 2.00. The summed E-state index contributed by atoms with van der Waals surface area (Å²) >= 11 is 1.44. The highest BCUT2D eigenvalue weighted by atomic mass is 32.1. The average molecular weight is 263 g/mol. The highest BCUT2D eigenvalue weighted by Crippen LogP contribution is 2.31. The van der Waals surface area contributed by atoms with Gasteiger partial charge in [0.2, 0.25) is 0 Å². The van der Waals surface area contributed by atoms with E-state index < -0.39 is 5.54 Å². The molecule has 1 N–H and O–H groups in total. The van der Waals surface area contributed by atoms with Crippen LogP contribution in [0.25, 0.3) is 0 Å². The molecule has 1 aromatic heterocycles. The Balaban J connectivity index is 2.16. The first-order chi connectivity index (χ1) is 8.59. The second kappa shape index (κ2) is 4.78. The van der Waals surface area contributed by atoms with Gasteiger partial charge in [-0.15, -0.1) is 11.3 Å². The van der Waals surface area contributed by atoms with Crippen LogP contribution < -0.4 is 5.32 Å². The lowest BCUT2D eigenvalue weighted by atomic mass is 10.0. The third kappa shape index (κ3) is 1.97. The number of nitriles is 1. The van der Waals surface area contributed by atoms with Crippen molar-refractivity contribution in [2.75, 3.05) is 6.54 Å². The van der Waals surface area contributed by atoms with Gasteiger partial charge in [0.1, 0.15) is 0 Å². The monoisotopic (exact) mass is 263 g/mol. The topological polar surface area (TPSA) is 73.2 Å². The van der Waals surface area contributed by atoms with Crippen molar-refractivity contribution >= 4 is 23.3 Å². The Kier molecular flexibility index (Phi) is 3.34. The summed E-state index contributed by atoms with van der Waals surface area (Å²) in [5.41, 5.74) is -0.960. The van der Waals surface area contributed by atoms with Crippen molar-refractivity contribution in [1.82, 2.24) is 10.2 Å². The number of amides is 3. The fraction of sp³-hybridized carbons (Fsp3) is 0.417. The molecule has 5 nitrogen and oxygen atoms in total. The number of unbranched alkanes of at least 4 members (excludes halogenated alkanes) is 1. The smallest absolute Gasteiger partial charge is 0.319 e. The van der Waals surface area contributed by atoms with Gasteiger partial charge in [-0.05, 0) is 24.8 Å². The standard InChI is InChI=1S/C12H13N3O2S/c1-12(9-5-4-8-18-9)10(16)15(11(17)14-12)7-3-2-6-13/h4-5,8H,2-3,7H2,1H3,(H,14,17). The number of hydrogen-bond donors (Lipinski definition) is 1. The number of imide groups is 1. The molecule has 2 heterocycles. The molecule has 2 rings (SSSR count). The molecular weight excluding hydrogens is 250 g/mol. The van der Waals surface area contributed by atoms with Gasteiger partial charge in [-0.2, -0.15) is 5.26 Å². The molecule has 0 saturated carbocycles. The Morgan fingerprint density at radius 3 is 2.94 bits per heavy atom. The van der Waals surface area contributed by atoms with Gasteiger partial charge in [-0.3, -0.25) is 9.69 Å². The van der Waals surface area contributed by atoms with Crippen LogP contribution in [-0.2, 0) is 10.3 Å². The molecule has 94 valence electrons. The summed E-state index contributed by atoms with van der Waals surface area (Å²) in [5, 5.41) is 13.1. The molecule has 1 atom stereocenters. The van der Waals surface area contributed by atoms with E-state index >= 15 is 0 Å². The quantitative estimate of drug-likeness (QED) is 0.665. The molecule has 0 spiro atoms. The van der Waals surface area contributed by atoms with Gasteiger partial charge in [0, 0.05) is 17.8 Å². The molecule has 1 unspecified atom stereocenters.